The number of piperazine rings is 1. The molecule has 4 heteroatoms. The highest BCUT2D eigenvalue weighted by atomic mass is 16.5. The molecule has 0 spiro atoms. The van der Waals surface area contributed by atoms with E-state index in [2.05, 4.69) is 24.3 Å². The van der Waals surface area contributed by atoms with E-state index in [1.807, 2.05) is 59.5 Å². The van der Waals surface area contributed by atoms with Gasteiger partial charge in [0.1, 0.15) is 12.3 Å². The minimum absolute atomic E-state index is 0.133. The molecule has 0 bridgehead atoms. The third-order valence-corrected chi connectivity index (χ3v) is 5.61. The lowest BCUT2D eigenvalue weighted by molar-refractivity contribution is -0.917. The van der Waals surface area contributed by atoms with Crippen LogP contribution in [0.3, 0.4) is 0 Å². The highest BCUT2D eigenvalue weighted by molar-refractivity contribution is 5.94. The molecule has 0 aliphatic carbocycles. The molecule has 1 fully saturated rings. The number of carbonyl (C=O) groups is 1. The Bertz CT molecular complexity index is 929. The van der Waals surface area contributed by atoms with Gasteiger partial charge >= 0.3 is 0 Å². The Morgan fingerprint density at radius 1 is 0.862 bits per heavy atom. The summed E-state index contributed by atoms with van der Waals surface area (Å²) in [5.41, 5.74) is 4.37. The number of hydrogen-bond donors (Lipinski definition) is 1. The van der Waals surface area contributed by atoms with Crippen LogP contribution in [0, 0.1) is 0 Å². The zero-order valence-corrected chi connectivity index (χ0v) is 16.8. The molecule has 148 valence electrons. The Morgan fingerprint density at radius 2 is 1.48 bits per heavy atom. The van der Waals surface area contributed by atoms with Gasteiger partial charge in [0.15, 0.2) is 0 Å². The number of ether oxygens (including phenoxy) is 1. The van der Waals surface area contributed by atoms with Crippen molar-refractivity contribution in [2.45, 2.75) is 6.54 Å². The maximum absolute atomic E-state index is 12.9. The second-order valence-electron chi connectivity index (χ2n) is 7.51. The molecule has 1 aliphatic heterocycles. The van der Waals surface area contributed by atoms with Crippen molar-refractivity contribution < 1.29 is 14.4 Å². The van der Waals surface area contributed by atoms with Gasteiger partial charge in [-0.15, -0.1) is 0 Å². The van der Waals surface area contributed by atoms with Crippen LogP contribution in [0.4, 0.5) is 0 Å². The molecule has 1 saturated heterocycles. The molecular formula is C25H27N2O2+. The average Bonchev–Trinajstić information content (AvgIpc) is 2.80. The summed E-state index contributed by atoms with van der Waals surface area (Å²) >= 11 is 0. The molecule has 1 N–H and O–H groups in total. The Labute approximate surface area is 172 Å². The lowest BCUT2D eigenvalue weighted by atomic mass is 10.0. The van der Waals surface area contributed by atoms with Crippen LogP contribution in [0.5, 0.6) is 5.75 Å². The van der Waals surface area contributed by atoms with Crippen LogP contribution in [0.25, 0.3) is 11.1 Å². The molecule has 0 radical (unpaired) electrons. The summed E-state index contributed by atoms with van der Waals surface area (Å²) in [6.45, 7) is 4.52. The fourth-order valence-electron chi connectivity index (χ4n) is 3.85. The molecule has 0 aromatic heterocycles. The Kier molecular flexibility index (Phi) is 5.92. The molecule has 4 rings (SSSR count). The van der Waals surface area contributed by atoms with E-state index in [0.717, 1.165) is 49.6 Å². The van der Waals surface area contributed by atoms with E-state index >= 15 is 0 Å². The first-order valence-corrected chi connectivity index (χ1v) is 10.1. The molecule has 0 atom stereocenters. The summed E-state index contributed by atoms with van der Waals surface area (Å²) in [5, 5.41) is 0. The maximum Gasteiger partial charge on any atom is 0.254 e. The fourth-order valence-corrected chi connectivity index (χ4v) is 3.85. The number of hydrogen-bond acceptors (Lipinski definition) is 2. The molecule has 1 aliphatic rings. The molecule has 0 unspecified atom stereocenters. The predicted molar refractivity (Wildman–Crippen MR) is 115 cm³/mol. The van der Waals surface area contributed by atoms with Crippen molar-refractivity contribution in [2.75, 3.05) is 33.3 Å². The Balaban J connectivity index is 1.32. The van der Waals surface area contributed by atoms with Gasteiger partial charge in [0.25, 0.3) is 5.91 Å². The van der Waals surface area contributed by atoms with Crippen LogP contribution >= 0.6 is 0 Å². The van der Waals surface area contributed by atoms with Crippen molar-refractivity contribution in [3.8, 4) is 16.9 Å². The van der Waals surface area contributed by atoms with E-state index in [-0.39, 0.29) is 5.91 Å². The van der Waals surface area contributed by atoms with Crippen molar-refractivity contribution >= 4 is 5.91 Å². The summed E-state index contributed by atoms with van der Waals surface area (Å²) in [7, 11) is 1.69. The first-order chi connectivity index (χ1) is 14.2. The molecule has 3 aromatic carbocycles. The van der Waals surface area contributed by atoms with Gasteiger partial charge in [-0.05, 0) is 47.5 Å². The zero-order chi connectivity index (χ0) is 20.1. The standard InChI is InChI=1S/C25H26N2O2/c1-29-24-13-7-20(8-14-24)19-26-15-17-27(18-16-26)25(28)23-11-9-22(10-12-23)21-5-3-2-4-6-21/h2-14H,15-19H2,1H3/p+1. The van der Waals surface area contributed by atoms with E-state index in [1.165, 1.54) is 16.0 Å². The number of methoxy groups -OCH3 is 1. The van der Waals surface area contributed by atoms with Crippen molar-refractivity contribution in [1.29, 1.82) is 0 Å². The van der Waals surface area contributed by atoms with Crippen molar-refractivity contribution in [3.63, 3.8) is 0 Å². The second kappa shape index (κ2) is 8.93. The quantitative estimate of drug-likeness (QED) is 0.730. The van der Waals surface area contributed by atoms with Gasteiger partial charge in [-0.2, -0.15) is 0 Å². The number of benzene rings is 3. The highest BCUT2D eigenvalue weighted by Crippen LogP contribution is 2.20. The topological polar surface area (TPSA) is 34.0 Å². The lowest BCUT2D eigenvalue weighted by Crippen LogP contribution is -3.13. The summed E-state index contributed by atoms with van der Waals surface area (Å²) in [5.74, 6) is 1.02. The van der Waals surface area contributed by atoms with E-state index in [9.17, 15) is 4.79 Å². The third kappa shape index (κ3) is 4.66. The van der Waals surface area contributed by atoms with E-state index in [1.54, 1.807) is 7.11 Å². The molecule has 29 heavy (non-hydrogen) atoms. The number of carbonyl (C=O) groups excluding carboxylic acids is 1. The summed E-state index contributed by atoms with van der Waals surface area (Å²) in [6.07, 6.45) is 0. The molecule has 1 amide bonds. The van der Waals surface area contributed by atoms with E-state index in [4.69, 9.17) is 4.74 Å². The van der Waals surface area contributed by atoms with Gasteiger partial charge < -0.3 is 14.5 Å². The van der Waals surface area contributed by atoms with Gasteiger partial charge in [0.2, 0.25) is 0 Å². The molecule has 3 aromatic rings. The van der Waals surface area contributed by atoms with E-state index in [0.29, 0.717) is 0 Å². The van der Waals surface area contributed by atoms with Crippen LogP contribution in [0.15, 0.2) is 78.9 Å². The van der Waals surface area contributed by atoms with Crippen LogP contribution in [0.2, 0.25) is 0 Å². The van der Waals surface area contributed by atoms with E-state index < -0.39 is 0 Å². The largest absolute Gasteiger partial charge is 0.497 e. The normalized spacial score (nSPS) is 14.6. The first kappa shape index (κ1) is 19.2. The van der Waals surface area contributed by atoms with Crippen molar-refractivity contribution in [2.24, 2.45) is 0 Å². The summed E-state index contributed by atoms with van der Waals surface area (Å²) in [6, 6.07) is 26.5. The molecule has 0 saturated carbocycles. The van der Waals surface area contributed by atoms with Gasteiger partial charge in [-0.1, -0.05) is 42.5 Å². The third-order valence-electron chi connectivity index (χ3n) is 5.61. The van der Waals surface area contributed by atoms with Gasteiger partial charge in [0.05, 0.1) is 33.3 Å². The Hall–Kier alpha value is -3.11. The first-order valence-electron chi connectivity index (χ1n) is 10.1. The SMILES string of the molecule is COc1ccc(C[NH+]2CCN(C(=O)c3ccc(-c4ccccc4)cc3)CC2)cc1. The number of quaternary nitrogens is 1. The van der Waals surface area contributed by atoms with Crippen molar-refractivity contribution in [1.82, 2.24) is 4.90 Å². The summed E-state index contributed by atoms with van der Waals surface area (Å²) < 4.78 is 5.22. The second-order valence-corrected chi connectivity index (χ2v) is 7.51. The number of nitrogens with one attached hydrogen (secondary N) is 1. The monoisotopic (exact) mass is 387 g/mol. The maximum atomic E-state index is 12.9. The highest BCUT2D eigenvalue weighted by Gasteiger charge is 2.24. The fraction of sp³-hybridized carbons (Fsp3) is 0.240. The van der Waals surface area contributed by atoms with Crippen LogP contribution in [-0.2, 0) is 6.54 Å². The Morgan fingerprint density at radius 3 is 2.10 bits per heavy atom. The van der Waals surface area contributed by atoms with Crippen molar-refractivity contribution in [3.05, 3.63) is 90.0 Å². The summed E-state index contributed by atoms with van der Waals surface area (Å²) in [4.78, 5) is 16.4. The minimum atomic E-state index is 0.133. The van der Waals surface area contributed by atoms with Crippen LogP contribution in [0.1, 0.15) is 15.9 Å². The van der Waals surface area contributed by atoms with Gasteiger partial charge in [0, 0.05) is 11.1 Å². The molecule has 1 heterocycles. The number of amides is 1. The molecule has 4 nitrogen and oxygen atoms in total. The van der Waals surface area contributed by atoms with Crippen LogP contribution in [-0.4, -0.2) is 44.1 Å². The average molecular weight is 388 g/mol. The smallest absolute Gasteiger partial charge is 0.254 e. The lowest BCUT2D eigenvalue weighted by Gasteiger charge is -2.32. The van der Waals surface area contributed by atoms with Gasteiger partial charge in [-0.3, -0.25) is 4.79 Å². The van der Waals surface area contributed by atoms with Crippen LogP contribution < -0.4 is 9.64 Å². The minimum Gasteiger partial charge on any atom is -0.497 e. The number of rotatable bonds is 5. The predicted octanol–water partition coefficient (Wildman–Crippen LogP) is 2.90. The van der Waals surface area contributed by atoms with Gasteiger partial charge in [-0.25, -0.2) is 0 Å². The number of nitrogens with zero attached hydrogens (tertiary/aromatic N) is 1. The molecular weight excluding hydrogens is 360 g/mol. The zero-order valence-electron chi connectivity index (χ0n) is 16.8.